The molecule has 1 saturated carbocycles. The van der Waals surface area contributed by atoms with E-state index >= 15 is 0 Å². The Morgan fingerprint density at radius 2 is 1.85 bits per heavy atom. The number of hydrogen-bond donors (Lipinski definition) is 1. The second-order valence-electron chi connectivity index (χ2n) is 7.50. The van der Waals surface area contributed by atoms with E-state index in [-0.39, 0.29) is 11.9 Å². The van der Waals surface area contributed by atoms with E-state index in [0.717, 1.165) is 36.1 Å². The number of nitrogens with zero attached hydrogens (tertiary/aromatic N) is 2. The number of aromatic nitrogens is 1. The molecule has 0 spiro atoms. The summed E-state index contributed by atoms with van der Waals surface area (Å²) in [5, 5.41) is 4.14. The summed E-state index contributed by atoms with van der Waals surface area (Å²) < 4.78 is 0. The zero-order chi connectivity index (χ0) is 17.8. The molecule has 0 bridgehead atoms. The summed E-state index contributed by atoms with van der Waals surface area (Å²) in [4.78, 5) is 20.4. The van der Waals surface area contributed by atoms with Crippen LogP contribution in [0.3, 0.4) is 0 Å². The third-order valence-electron chi connectivity index (χ3n) is 5.65. The summed E-state index contributed by atoms with van der Waals surface area (Å²) in [5.41, 5.74) is 1.07. The number of thiazole rings is 1. The Balaban J connectivity index is 1.33. The lowest BCUT2D eigenvalue weighted by Gasteiger charge is -2.26. The van der Waals surface area contributed by atoms with Crippen LogP contribution in [0.4, 0.5) is 0 Å². The van der Waals surface area contributed by atoms with Crippen LogP contribution in [0.5, 0.6) is 0 Å². The first-order valence-electron chi connectivity index (χ1n) is 9.86. The lowest BCUT2D eigenvalue weighted by atomic mass is 10.1. The minimum atomic E-state index is 0.0254. The molecular formula is C21H27N3OS. The lowest BCUT2D eigenvalue weighted by molar-refractivity contribution is 0.0939. The molecular weight excluding hydrogens is 342 g/mol. The predicted molar refractivity (Wildman–Crippen MR) is 106 cm³/mol. The number of rotatable bonds is 4. The molecule has 1 aromatic carbocycles. The van der Waals surface area contributed by atoms with Gasteiger partial charge in [0, 0.05) is 30.7 Å². The molecule has 1 aromatic heterocycles. The van der Waals surface area contributed by atoms with Crippen molar-refractivity contribution in [1.82, 2.24) is 15.2 Å². The van der Waals surface area contributed by atoms with Crippen LogP contribution in [-0.4, -0.2) is 41.0 Å². The molecule has 1 atom stereocenters. The summed E-state index contributed by atoms with van der Waals surface area (Å²) in [6.07, 6.45) is 10.9. The van der Waals surface area contributed by atoms with E-state index in [0.29, 0.717) is 4.88 Å². The first kappa shape index (κ1) is 17.7. The monoisotopic (exact) mass is 369 g/mol. The van der Waals surface area contributed by atoms with Crippen LogP contribution in [0.25, 0.3) is 10.6 Å². The van der Waals surface area contributed by atoms with E-state index in [1.807, 2.05) is 30.3 Å². The largest absolute Gasteiger partial charge is 0.347 e. The Bertz CT molecular complexity index is 722. The van der Waals surface area contributed by atoms with Crippen LogP contribution in [0, 0.1) is 0 Å². The second-order valence-corrected chi connectivity index (χ2v) is 8.53. The second kappa shape index (κ2) is 8.31. The zero-order valence-corrected chi connectivity index (χ0v) is 16.0. The number of benzene rings is 1. The summed E-state index contributed by atoms with van der Waals surface area (Å²) >= 11 is 1.47. The third kappa shape index (κ3) is 4.15. The highest BCUT2D eigenvalue weighted by atomic mass is 32.1. The number of nitrogens with one attached hydrogen (secondary N) is 1. The van der Waals surface area contributed by atoms with E-state index < -0.39 is 0 Å². The summed E-state index contributed by atoms with van der Waals surface area (Å²) in [6.45, 7) is 2.12. The highest BCUT2D eigenvalue weighted by molar-refractivity contribution is 7.16. The first-order chi connectivity index (χ1) is 12.8. The van der Waals surface area contributed by atoms with Crippen molar-refractivity contribution < 1.29 is 4.79 Å². The van der Waals surface area contributed by atoms with Gasteiger partial charge in [-0.25, -0.2) is 4.98 Å². The molecule has 4 nitrogen and oxygen atoms in total. The fraction of sp³-hybridized carbons (Fsp3) is 0.524. The van der Waals surface area contributed by atoms with Crippen molar-refractivity contribution in [2.45, 2.75) is 57.0 Å². The van der Waals surface area contributed by atoms with Gasteiger partial charge in [-0.05, 0) is 19.3 Å². The average molecular weight is 370 g/mol. The highest BCUT2D eigenvalue weighted by Gasteiger charge is 2.29. The molecule has 5 heteroatoms. The van der Waals surface area contributed by atoms with Crippen molar-refractivity contribution in [3.63, 3.8) is 0 Å². The van der Waals surface area contributed by atoms with Crippen LogP contribution in [0.2, 0.25) is 0 Å². The molecule has 2 aliphatic rings. The maximum Gasteiger partial charge on any atom is 0.263 e. The van der Waals surface area contributed by atoms with E-state index in [4.69, 9.17) is 0 Å². The van der Waals surface area contributed by atoms with Gasteiger partial charge < -0.3 is 5.32 Å². The summed E-state index contributed by atoms with van der Waals surface area (Å²) in [5.74, 6) is 0.0254. The topological polar surface area (TPSA) is 45.2 Å². The molecule has 4 rings (SSSR count). The minimum absolute atomic E-state index is 0.0254. The highest BCUT2D eigenvalue weighted by Crippen LogP contribution is 2.27. The number of hydrogen-bond acceptors (Lipinski definition) is 4. The summed E-state index contributed by atoms with van der Waals surface area (Å²) in [7, 11) is 0. The SMILES string of the molecule is O=C(NC1CCN(C2CCCCCC2)C1)c1cnc(-c2ccccc2)s1. The van der Waals surface area contributed by atoms with Crippen LogP contribution in [-0.2, 0) is 0 Å². The van der Waals surface area contributed by atoms with Gasteiger partial charge in [0.05, 0.1) is 6.20 Å². The smallest absolute Gasteiger partial charge is 0.263 e. The van der Waals surface area contributed by atoms with Gasteiger partial charge in [0.1, 0.15) is 9.88 Å². The normalized spacial score (nSPS) is 22.2. The Kier molecular flexibility index (Phi) is 5.65. The van der Waals surface area contributed by atoms with Crippen molar-refractivity contribution in [3.8, 4) is 10.6 Å². The van der Waals surface area contributed by atoms with Gasteiger partial charge in [0.2, 0.25) is 0 Å². The molecule has 2 heterocycles. The van der Waals surface area contributed by atoms with Crippen molar-refractivity contribution in [2.75, 3.05) is 13.1 Å². The quantitative estimate of drug-likeness (QED) is 0.816. The van der Waals surface area contributed by atoms with E-state index in [2.05, 4.69) is 15.2 Å². The van der Waals surface area contributed by atoms with Crippen LogP contribution in [0.1, 0.15) is 54.6 Å². The van der Waals surface area contributed by atoms with Crippen molar-refractivity contribution >= 4 is 17.2 Å². The standard InChI is InChI=1S/C21H27N3OS/c25-20(19-14-22-21(26-19)16-8-4-3-5-9-16)23-17-12-13-24(15-17)18-10-6-1-2-7-11-18/h3-5,8-9,14,17-18H,1-2,6-7,10-13,15H2,(H,23,25). The molecule has 138 valence electrons. The lowest BCUT2D eigenvalue weighted by Crippen LogP contribution is -2.39. The molecule has 1 saturated heterocycles. The van der Waals surface area contributed by atoms with Crippen molar-refractivity contribution in [2.24, 2.45) is 0 Å². The fourth-order valence-corrected chi connectivity index (χ4v) is 5.03. The molecule has 1 unspecified atom stereocenters. The van der Waals surface area contributed by atoms with Gasteiger partial charge in [-0.15, -0.1) is 11.3 Å². The molecule has 26 heavy (non-hydrogen) atoms. The maximum atomic E-state index is 12.6. The molecule has 1 aliphatic carbocycles. The fourth-order valence-electron chi connectivity index (χ4n) is 4.21. The van der Waals surface area contributed by atoms with Gasteiger partial charge in [-0.3, -0.25) is 9.69 Å². The van der Waals surface area contributed by atoms with E-state index in [1.54, 1.807) is 6.20 Å². The third-order valence-corrected chi connectivity index (χ3v) is 6.69. The minimum Gasteiger partial charge on any atom is -0.347 e. The van der Waals surface area contributed by atoms with Crippen molar-refractivity contribution in [1.29, 1.82) is 0 Å². The molecule has 0 radical (unpaired) electrons. The predicted octanol–water partition coefficient (Wildman–Crippen LogP) is 4.34. The Morgan fingerprint density at radius 3 is 2.62 bits per heavy atom. The maximum absolute atomic E-state index is 12.6. The molecule has 1 N–H and O–H groups in total. The van der Waals surface area contributed by atoms with Gasteiger partial charge in [-0.1, -0.05) is 56.0 Å². The number of carbonyl (C=O) groups is 1. The van der Waals surface area contributed by atoms with Crippen LogP contribution in [0.15, 0.2) is 36.5 Å². The van der Waals surface area contributed by atoms with Gasteiger partial charge >= 0.3 is 0 Å². The van der Waals surface area contributed by atoms with E-state index in [1.165, 1.54) is 49.9 Å². The Morgan fingerprint density at radius 1 is 1.08 bits per heavy atom. The summed E-state index contributed by atoms with van der Waals surface area (Å²) in [6, 6.07) is 11.0. The average Bonchev–Trinajstić information content (AvgIpc) is 3.26. The zero-order valence-electron chi connectivity index (χ0n) is 15.2. The van der Waals surface area contributed by atoms with Gasteiger partial charge in [0.15, 0.2) is 0 Å². The van der Waals surface area contributed by atoms with Gasteiger partial charge in [0.25, 0.3) is 5.91 Å². The number of carbonyl (C=O) groups excluding carboxylic acids is 1. The molecule has 2 fully saturated rings. The molecule has 1 aliphatic heterocycles. The molecule has 2 aromatic rings. The van der Waals surface area contributed by atoms with Crippen LogP contribution >= 0.6 is 11.3 Å². The van der Waals surface area contributed by atoms with Gasteiger partial charge in [-0.2, -0.15) is 0 Å². The van der Waals surface area contributed by atoms with Crippen LogP contribution < -0.4 is 5.32 Å². The Labute approximate surface area is 159 Å². The number of likely N-dealkylation sites (tertiary alicyclic amines) is 1. The first-order valence-corrected chi connectivity index (χ1v) is 10.7. The van der Waals surface area contributed by atoms with E-state index in [9.17, 15) is 4.79 Å². The Hall–Kier alpha value is -1.72. The van der Waals surface area contributed by atoms with Crippen molar-refractivity contribution in [3.05, 3.63) is 41.4 Å². The number of amides is 1. The molecule has 1 amide bonds.